The molecular weight excluding hydrogens is 218 g/mol. The van der Waals surface area contributed by atoms with Gasteiger partial charge < -0.3 is 0 Å². The Bertz CT molecular complexity index is 554. The number of hydrogen-bond donors (Lipinski definition) is 0. The molecule has 1 aromatic rings. The molecule has 0 aromatic heterocycles. The Hall–Kier alpha value is -1.29. The molecule has 0 bridgehead atoms. The fraction of sp³-hybridized carbons (Fsp3) is 0.588. The van der Waals surface area contributed by atoms with Crippen LogP contribution >= 0.6 is 0 Å². The lowest BCUT2D eigenvalue weighted by Gasteiger charge is -2.44. The second kappa shape index (κ2) is 3.38. The van der Waals surface area contributed by atoms with Crippen molar-refractivity contribution in [1.29, 1.82) is 5.26 Å². The summed E-state index contributed by atoms with van der Waals surface area (Å²) in [6, 6.07) is 6.46. The Kier molecular flexibility index (Phi) is 2.47. The van der Waals surface area contributed by atoms with Gasteiger partial charge in [-0.3, -0.25) is 0 Å². The first-order valence-corrected chi connectivity index (χ1v) is 6.63. The van der Waals surface area contributed by atoms with Gasteiger partial charge in [-0.25, -0.2) is 0 Å². The van der Waals surface area contributed by atoms with E-state index in [0.717, 1.165) is 5.56 Å². The van der Waals surface area contributed by atoms with Gasteiger partial charge in [-0.15, -0.1) is 0 Å². The number of nitrogens with zero attached hydrogens (tertiary/aromatic N) is 1. The second-order valence-corrected chi connectivity index (χ2v) is 7.15. The zero-order valence-corrected chi connectivity index (χ0v) is 12.6. The average Bonchev–Trinajstić information content (AvgIpc) is 2.36. The molecule has 0 heterocycles. The molecule has 1 heteroatoms. The molecule has 0 spiro atoms. The normalized spacial score (nSPS) is 22.3. The molecule has 1 aliphatic rings. The van der Waals surface area contributed by atoms with Gasteiger partial charge >= 0.3 is 0 Å². The van der Waals surface area contributed by atoms with Gasteiger partial charge in [0.15, 0.2) is 0 Å². The fourth-order valence-corrected chi connectivity index (χ4v) is 3.59. The van der Waals surface area contributed by atoms with Crippen LogP contribution in [-0.2, 0) is 10.8 Å². The summed E-state index contributed by atoms with van der Waals surface area (Å²) in [5.41, 5.74) is 5.16. The molecule has 1 nitrogen and oxygen atoms in total. The van der Waals surface area contributed by atoms with Gasteiger partial charge in [0.1, 0.15) is 0 Å². The Morgan fingerprint density at radius 3 is 2.00 bits per heavy atom. The highest BCUT2D eigenvalue weighted by Gasteiger charge is 2.57. The van der Waals surface area contributed by atoms with E-state index in [1.807, 2.05) is 6.07 Å². The topological polar surface area (TPSA) is 23.8 Å². The molecule has 18 heavy (non-hydrogen) atoms. The minimum Gasteiger partial charge on any atom is -0.192 e. The highest BCUT2D eigenvalue weighted by atomic mass is 14.6. The Morgan fingerprint density at radius 1 is 0.944 bits per heavy atom. The molecule has 0 unspecified atom stereocenters. The zero-order chi connectivity index (χ0) is 13.9. The van der Waals surface area contributed by atoms with Crippen molar-refractivity contribution in [1.82, 2.24) is 0 Å². The second-order valence-electron chi connectivity index (χ2n) is 7.15. The first-order chi connectivity index (χ1) is 8.09. The van der Waals surface area contributed by atoms with E-state index in [1.54, 1.807) is 0 Å². The maximum atomic E-state index is 9.23. The molecule has 0 saturated heterocycles. The molecular formula is C17H23N. The van der Waals surface area contributed by atoms with Crippen molar-refractivity contribution in [3.05, 3.63) is 34.4 Å². The van der Waals surface area contributed by atoms with Gasteiger partial charge in [0.05, 0.1) is 11.6 Å². The summed E-state index contributed by atoms with van der Waals surface area (Å²) in [4.78, 5) is 0. The van der Waals surface area contributed by atoms with Crippen LogP contribution in [0.3, 0.4) is 0 Å². The molecule has 1 aliphatic carbocycles. The smallest absolute Gasteiger partial charge is 0.0994 e. The summed E-state index contributed by atoms with van der Waals surface area (Å²) in [6.45, 7) is 16.1. The van der Waals surface area contributed by atoms with E-state index in [9.17, 15) is 5.26 Å². The van der Waals surface area contributed by atoms with E-state index in [2.05, 4.69) is 60.6 Å². The van der Waals surface area contributed by atoms with E-state index in [0.29, 0.717) is 0 Å². The molecule has 96 valence electrons. The summed E-state index contributed by atoms with van der Waals surface area (Å²) in [6.07, 6.45) is 0. The lowest BCUT2D eigenvalue weighted by atomic mass is 9.59. The summed E-state index contributed by atoms with van der Waals surface area (Å²) in [5, 5.41) is 9.23. The van der Waals surface area contributed by atoms with Gasteiger partial charge in [-0.1, -0.05) is 47.6 Å². The van der Waals surface area contributed by atoms with E-state index >= 15 is 0 Å². The molecule has 0 atom stereocenters. The van der Waals surface area contributed by atoms with Crippen molar-refractivity contribution >= 4 is 0 Å². The van der Waals surface area contributed by atoms with Crippen LogP contribution in [0.5, 0.6) is 0 Å². The fourth-order valence-electron chi connectivity index (χ4n) is 3.59. The lowest BCUT2D eigenvalue weighted by Crippen LogP contribution is -2.42. The number of hydrogen-bond acceptors (Lipinski definition) is 1. The Morgan fingerprint density at radius 2 is 1.50 bits per heavy atom. The monoisotopic (exact) mass is 241 g/mol. The average molecular weight is 241 g/mol. The van der Waals surface area contributed by atoms with Crippen LogP contribution in [-0.4, -0.2) is 0 Å². The number of fused-ring (bicyclic) bond motifs is 1. The number of rotatable bonds is 0. The Labute approximate surface area is 111 Å². The van der Waals surface area contributed by atoms with Crippen molar-refractivity contribution in [3.63, 3.8) is 0 Å². The highest BCUT2D eigenvalue weighted by molar-refractivity contribution is 5.57. The molecule has 0 fully saturated rings. The van der Waals surface area contributed by atoms with E-state index in [1.165, 1.54) is 16.7 Å². The van der Waals surface area contributed by atoms with Crippen LogP contribution in [0.1, 0.15) is 63.8 Å². The summed E-state index contributed by atoms with van der Waals surface area (Å²) < 4.78 is 0. The van der Waals surface area contributed by atoms with E-state index in [-0.39, 0.29) is 16.2 Å². The van der Waals surface area contributed by atoms with Gasteiger partial charge in [0.25, 0.3) is 0 Å². The van der Waals surface area contributed by atoms with Crippen molar-refractivity contribution in [2.24, 2.45) is 5.41 Å². The van der Waals surface area contributed by atoms with Crippen molar-refractivity contribution in [3.8, 4) is 6.07 Å². The third kappa shape index (κ3) is 1.21. The highest BCUT2D eigenvalue weighted by Crippen LogP contribution is 2.62. The molecule has 0 amide bonds. The minimum atomic E-state index is 0.0861. The van der Waals surface area contributed by atoms with E-state index in [4.69, 9.17) is 0 Å². The van der Waals surface area contributed by atoms with Gasteiger partial charge in [-0.05, 0) is 45.9 Å². The number of nitriles is 1. The molecule has 2 rings (SSSR count). The van der Waals surface area contributed by atoms with Gasteiger partial charge in [-0.2, -0.15) is 5.26 Å². The summed E-state index contributed by atoms with van der Waals surface area (Å²) in [7, 11) is 0. The maximum absolute atomic E-state index is 9.23. The van der Waals surface area contributed by atoms with Gasteiger partial charge in [0.2, 0.25) is 0 Å². The van der Waals surface area contributed by atoms with Crippen LogP contribution in [0.25, 0.3) is 0 Å². The van der Waals surface area contributed by atoms with Crippen molar-refractivity contribution < 1.29 is 0 Å². The summed E-state index contributed by atoms with van der Waals surface area (Å²) in [5.74, 6) is 0. The van der Waals surface area contributed by atoms with Crippen LogP contribution in [0, 0.1) is 23.7 Å². The molecule has 0 radical (unpaired) electrons. The van der Waals surface area contributed by atoms with Crippen LogP contribution in [0.2, 0.25) is 0 Å². The predicted octanol–water partition coefficient (Wildman–Crippen LogP) is 4.46. The molecule has 1 aromatic carbocycles. The first kappa shape index (κ1) is 13.1. The minimum absolute atomic E-state index is 0.0861. The lowest BCUT2D eigenvalue weighted by molar-refractivity contribution is 0.124. The van der Waals surface area contributed by atoms with Gasteiger partial charge in [0, 0.05) is 0 Å². The quantitative estimate of drug-likeness (QED) is 0.657. The van der Waals surface area contributed by atoms with Crippen molar-refractivity contribution in [2.45, 2.75) is 59.3 Å². The molecule has 0 saturated carbocycles. The van der Waals surface area contributed by atoms with Crippen LogP contribution in [0.15, 0.2) is 12.1 Å². The van der Waals surface area contributed by atoms with E-state index < -0.39 is 0 Å². The Balaban J connectivity index is 2.89. The van der Waals surface area contributed by atoms with Crippen LogP contribution in [0.4, 0.5) is 0 Å². The molecule has 0 aliphatic heterocycles. The first-order valence-electron chi connectivity index (χ1n) is 6.63. The van der Waals surface area contributed by atoms with Crippen molar-refractivity contribution in [2.75, 3.05) is 0 Å². The number of benzene rings is 1. The standard InChI is InChI=1S/C17H23N/c1-11-12(10-18)8-9-13-14(11)16(4,5)17(6,7)15(13,2)3/h8-9H,1-7H3. The summed E-state index contributed by atoms with van der Waals surface area (Å²) >= 11 is 0. The SMILES string of the molecule is Cc1c(C#N)ccc2c1C(C)(C)C(C)(C)C2(C)C. The third-order valence-electron chi connectivity index (χ3n) is 6.01. The third-order valence-corrected chi connectivity index (χ3v) is 6.01. The zero-order valence-electron chi connectivity index (χ0n) is 12.6. The maximum Gasteiger partial charge on any atom is 0.0994 e. The predicted molar refractivity (Wildman–Crippen MR) is 75.7 cm³/mol. The van der Waals surface area contributed by atoms with Crippen LogP contribution < -0.4 is 0 Å². The largest absolute Gasteiger partial charge is 0.192 e. The molecule has 0 N–H and O–H groups in total.